The van der Waals surface area contributed by atoms with Crippen molar-refractivity contribution in [1.29, 1.82) is 0 Å². The number of aryl methyl sites for hydroxylation is 1. The first-order valence-corrected chi connectivity index (χ1v) is 7.64. The van der Waals surface area contributed by atoms with Crippen LogP contribution >= 0.6 is 0 Å². The van der Waals surface area contributed by atoms with Crippen LogP contribution in [0.5, 0.6) is 5.75 Å². The number of hydrogen-bond acceptors (Lipinski definition) is 3. The molecule has 0 aliphatic carbocycles. The van der Waals surface area contributed by atoms with Gasteiger partial charge in [-0.15, -0.1) is 0 Å². The summed E-state index contributed by atoms with van der Waals surface area (Å²) in [5.41, 5.74) is 2.54. The number of benzene rings is 1. The van der Waals surface area contributed by atoms with E-state index >= 15 is 0 Å². The van der Waals surface area contributed by atoms with Crippen LogP contribution in [0, 0.1) is 12.8 Å². The highest BCUT2D eigenvalue weighted by Crippen LogP contribution is 2.27. The minimum absolute atomic E-state index is 0.306. The highest BCUT2D eigenvalue weighted by molar-refractivity contribution is 5.37. The quantitative estimate of drug-likeness (QED) is 0.867. The zero-order valence-electron chi connectivity index (χ0n) is 13.1. The summed E-state index contributed by atoms with van der Waals surface area (Å²) in [4.78, 5) is 0. The molecule has 0 spiro atoms. The highest BCUT2D eigenvalue weighted by Gasteiger charge is 2.32. The van der Waals surface area contributed by atoms with Crippen molar-refractivity contribution in [3.05, 3.63) is 29.3 Å². The van der Waals surface area contributed by atoms with Gasteiger partial charge >= 0.3 is 0 Å². The standard InChI is InChI=1S/C17H27NO2/c1-5-18-15(17-13(3)8-9-20-17)11-14-10-12(2)6-7-16(14)19-4/h6-7,10,13,15,17-18H,5,8-9,11H2,1-4H3. The van der Waals surface area contributed by atoms with E-state index in [1.54, 1.807) is 7.11 Å². The molecule has 1 aromatic rings. The van der Waals surface area contributed by atoms with Gasteiger partial charge in [-0.2, -0.15) is 0 Å². The Morgan fingerprint density at radius 1 is 1.45 bits per heavy atom. The van der Waals surface area contributed by atoms with Gasteiger partial charge in [-0.3, -0.25) is 0 Å². The van der Waals surface area contributed by atoms with E-state index in [1.165, 1.54) is 11.1 Å². The van der Waals surface area contributed by atoms with Crippen molar-refractivity contribution < 1.29 is 9.47 Å². The summed E-state index contributed by atoms with van der Waals surface area (Å²) in [6.07, 6.45) is 2.42. The third kappa shape index (κ3) is 3.53. The predicted molar refractivity (Wildman–Crippen MR) is 82.4 cm³/mol. The van der Waals surface area contributed by atoms with Gasteiger partial charge < -0.3 is 14.8 Å². The Labute approximate surface area is 122 Å². The van der Waals surface area contributed by atoms with Gasteiger partial charge in [-0.25, -0.2) is 0 Å². The van der Waals surface area contributed by atoms with Crippen molar-refractivity contribution in [2.45, 2.75) is 45.8 Å². The Kier molecular flexibility index (Phi) is 5.44. The number of methoxy groups -OCH3 is 1. The third-order valence-corrected chi connectivity index (χ3v) is 4.18. The van der Waals surface area contributed by atoms with Crippen LogP contribution in [0.2, 0.25) is 0 Å². The fraction of sp³-hybridized carbons (Fsp3) is 0.647. The molecular formula is C17H27NO2. The summed E-state index contributed by atoms with van der Waals surface area (Å²) in [6.45, 7) is 8.42. The van der Waals surface area contributed by atoms with Crippen LogP contribution in [-0.4, -0.2) is 32.4 Å². The Morgan fingerprint density at radius 2 is 2.25 bits per heavy atom. The van der Waals surface area contributed by atoms with Gasteiger partial charge in [-0.05, 0) is 43.9 Å². The third-order valence-electron chi connectivity index (χ3n) is 4.18. The van der Waals surface area contributed by atoms with E-state index in [0.717, 1.165) is 31.7 Å². The molecule has 2 rings (SSSR count). The smallest absolute Gasteiger partial charge is 0.122 e. The van der Waals surface area contributed by atoms with Gasteiger partial charge in [0.1, 0.15) is 5.75 Å². The van der Waals surface area contributed by atoms with Gasteiger partial charge in [0.05, 0.1) is 13.2 Å². The fourth-order valence-electron chi connectivity index (χ4n) is 3.10. The van der Waals surface area contributed by atoms with Crippen molar-refractivity contribution in [2.75, 3.05) is 20.3 Å². The maximum Gasteiger partial charge on any atom is 0.122 e. The second-order valence-corrected chi connectivity index (χ2v) is 5.78. The second kappa shape index (κ2) is 7.09. The molecule has 1 aliphatic heterocycles. The van der Waals surface area contributed by atoms with Crippen LogP contribution in [0.3, 0.4) is 0 Å². The molecule has 0 amide bonds. The molecule has 1 aliphatic rings. The summed E-state index contributed by atoms with van der Waals surface area (Å²) < 4.78 is 11.5. The molecule has 3 heteroatoms. The average Bonchev–Trinajstić information content (AvgIpc) is 2.85. The molecule has 1 N–H and O–H groups in total. The molecule has 1 saturated heterocycles. The van der Waals surface area contributed by atoms with Gasteiger partial charge in [0, 0.05) is 12.6 Å². The van der Waals surface area contributed by atoms with E-state index in [-0.39, 0.29) is 0 Å². The van der Waals surface area contributed by atoms with E-state index in [9.17, 15) is 0 Å². The van der Waals surface area contributed by atoms with Crippen molar-refractivity contribution in [3.63, 3.8) is 0 Å². The molecule has 0 saturated carbocycles. The summed E-state index contributed by atoms with van der Waals surface area (Å²) in [5, 5.41) is 3.59. The molecule has 0 bridgehead atoms. The van der Waals surface area contributed by atoms with E-state index < -0.39 is 0 Å². The average molecular weight is 277 g/mol. The lowest BCUT2D eigenvalue weighted by Crippen LogP contribution is -2.43. The van der Waals surface area contributed by atoms with Gasteiger partial charge in [-0.1, -0.05) is 31.5 Å². The second-order valence-electron chi connectivity index (χ2n) is 5.78. The lowest BCUT2D eigenvalue weighted by molar-refractivity contribution is 0.0613. The molecule has 112 valence electrons. The van der Waals surface area contributed by atoms with Gasteiger partial charge in [0.25, 0.3) is 0 Å². The monoisotopic (exact) mass is 277 g/mol. The van der Waals surface area contributed by atoms with Crippen LogP contribution in [0.4, 0.5) is 0 Å². The van der Waals surface area contributed by atoms with Crippen molar-refractivity contribution >= 4 is 0 Å². The van der Waals surface area contributed by atoms with E-state index in [1.807, 2.05) is 0 Å². The lowest BCUT2D eigenvalue weighted by Gasteiger charge is -2.27. The topological polar surface area (TPSA) is 30.5 Å². The fourth-order valence-corrected chi connectivity index (χ4v) is 3.10. The SMILES string of the molecule is CCNC(Cc1cc(C)ccc1OC)C1OCCC1C. The van der Waals surface area contributed by atoms with Crippen molar-refractivity contribution in [1.82, 2.24) is 5.32 Å². The molecule has 3 atom stereocenters. The normalized spacial score (nSPS) is 23.8. The van der Waals surface area contributed by atoms with Gasteiger partial charge in [0.15, 0.2) is 0 Å². The Bertz CT molecular complexity index is 433. The minimum atomic E-state index is 0.306. The summed E-state index contributed by atoms with van der Waals surface area (Å²) in [6, 6.07) is 6.74. The lowest BCUT2D eigenvalue weighted by atomic mass is 9.92. The number of nitrogens with one attached hydrogen (secondary N) is 1. The molecule has 1 fully saturated rings. The van der Waals surface area contributed by atoms with Crippen LogP contribution < -0.4 is 10.1 Å². The molecule has 0 radical (unpaired) electrons. The molecule has 20 heavy (non-hydrogen) atoms. The summed E-state index contributed by atoms with van der Waals surface area (Å²) in [7, 11) is 1.74. The maximum atomic E-state index is 5.95. The number of ether oxygens (including phenoxy) is 2. The first-order valence-electron chi connectivity index (χ1n) is 7.64. The predicted octanol–water partition coefficient (Wildman–Crippen LogP) is 2.95. The summed E-state index contributed by atoms with van der Waals surface area (Å²) >= 11 is 0. The van der Waals surface area contributed by atoms with Crippen molar-refractivity contribution in [3.8, 4) is 5.75 Å². The van der Waals surface area contributed by atoms with Gasteiger partial charge in [0.2, 0.25) is 0 Å². The highest BCUT2D eigenvalue weighted by atomic mass is 16.5. The van der Waals surface area contributed by atoms with Crippen LogP contribution in [0.15, 0.2) is 18.2 Å². The zero-order valence-corrected chi connectivity index (χ0v) is 13.1. The number of hydrogen-bond donors (Lipinski definition) is 1. The molecular weight excluding hydrogens is 250 g/mol. The number of rotatable bonds is 6. The Morgan fingerprint density at radius 3 is 2.85 bits per heavy atom. The van der Waals surface area contributed by atoms with Crippen molar-refractivity contribution in [2.24, 2.45) is 5.92 Å². The molecule has 0 aromatic heterocycles. The van der Waals surface area contributed by atoms with E-state index in [2.05, 4.69) is 44.3 Å². The van der Waals surface area contributed by atoms with Crippen LogP contribution in [-0.2, 0) is 11.2 Å². The maximum absolute atomic E-state index is 5.95. The van der Waals surface area contributed by atoms with Crippen LogP contribution in [0.25, 0.3) is 0 Å². The molecule has 3 unspecified atom stereocenters. The molecule has 3 nitrogen and oxygen atoms in total. The Balaban J connectivity index is 2.17. The van der Waals surface area contributed by atoms with E-state index in [4.69, 9.17) is 9.47 Å². The Hall–Kier alpha value is -1.06. The van der Waals surface area contributed by atoms with E-state index in [0.29, 0.717) is 18.1 Å². The number of likely N-dealkylation sites (N-methyl/N-ethyl adjacent to an activating group) is 1. The molecule has 1 heterocycles. The largest absolute Gasteiger partial charge is 0.496 e. The molecule has 1 aromatic carbocycles. The van der Waals surface area contributed by atoms with Crippen LogP contribution in [0.1, 0.15) is 31.4 Å². The first-order chi connectivity index (χ1) is 9.65. The zero-order chi connectivity index (χ0) is 14.5. The summed E-state index contributed by atoms with van der Waals surface area (Å²) in [5.74, 6) is 1.60. The first kappa shape index (κ1) is 15.3. The minimum Gasteiger partial charge on any atom is -0.496 e.